The van der Waals surface area contributed by atoms with Crippen molar-refractivity contribution in [1.82, 2.24) is 15.5 Å². The molecule has 0 unspecified atom stereocenters. The molecule has 5 nitrogen and oxygen atoms in total. The second-order valence-electron chi connectivity index (χ2n) is 4.79. The monoisotopic (exact) mass is 294 g/mol. The van der Waals surface area contributed by atoms with E-state index in [0.717, 1.165) is 12.1 Å². The van der Waals surface area contributed by atoms with E-state index in [9.17, 15) is 9.18 Å². The molecule has 1 amide bonds. The highest BCUT2D eigenvalue weighted by Crippen LogP contribution is 2.04. The molecule has 0 heterocycles. The molecule has 1 rings (SSSR count). The van der Waals surface area contributed by atoms with Crippen LogP contribution in [0.25, 0.3) is 0 Å². The number of hydrogen-bond donors (Lipinski definition) is 2. The third-order valence-corrected chi connectivity index (χ3v) is 2.78. The SMILES string of the molecule is CCNC(=NCc1cccc(F)c1)NCCC(=O)N(C)C. The van der Waals surface area contributed by atoms with Crippen LogP contribution in [0.3, 0.4) is 0 Å². The summed E-state index contributed by atoms with van der Waals surface area (Å²) in [5, 5.41) is 6.18. The number of halogens is 1. The maximum absolute atomic E-state index is 13.1. The summed E-state index contributed by atoms with van der Waals surface area (Å²) in [5.41, 5.74) is 0.802. The minimum absolute atomic E-state index is 0.0588. The zero-order valence-electron chi connectivity index (χ0n) is 12.8. The number of rotatable bonds is 6. The molecule has 0 aromatic heterocycles. The molecule has 0 saturated carbocycles. The molecule has 0 spiro atoms. The van der Waals surface area contributed by atoms with E-state index in [1.165, 1.54) is 12.1 Å². The van der Waals surface area contributed by atoms with E-state index < -0.39 is 0 Å². The van der Waals surface area contributed by atoms with Gasteiger partial charge in [0.1, 0.15) is 5.82 Å². The Morgan fingerprint density at radius 1 is 1.33 bits per heavy atom. The maximum Gasteiger partial charge on any atom is 0.223 e. The Kier molecular flexibility index (Phi) is 7.21. The van der Waals surface area contributed by atoms with Gasteiger partial charge in [-0.15, -0.1) is 0 Å². The number of aliphatic imine (C=N–C) groups is 1. The summed E-state index contributed by atoms with van der Waals surface area (Å²) in [7, 11) is 3.46. The van der Waals surface area contributed by atoms with Gasteiger partial charge in [0.25, 0.3) is 0 Å². The molecule has 6 heteroatoms. The van der Waals surface area contributed by atoms with Crippen LogP contribution in [-0.4, -0.2) is 44.0 Å². The zero-order valence-corrected chi connectivity index (χ0v) is 12.8. The summed E-state index contributed by atoms with van der Waals surface area (Å²) in [5.74, 6) is 0.411. The summed E-state index contributed by atoms with van der Waals surface area (Å²) in [4.78, 5) is 17.4. The van der Waals surface area contributed by atoms with Crippen molar-refractivity contribution >= 4 is 11.9 Å². The lowest BCUT2D eigenvalue weighted by molar-refractivity contribution is -0.128. The molecule has 21 heavy (non-hydrogen) atoms. The Morgan fingerprint density at radius 3 is 2.71 bits per heavy atom. The first-order chi connectivity index (χ1) is 10.0. The van der Waals surface area contributed by atoms with Gasteiger partial charge in [-0.25, -0.2) is 9.38 Å². The molecule has 0 radical (unpaired) electrons. The van der Waals surface area contributed by atoms with Crippen molar-refractivity contribution in [2.24, 2.45) is 4.99 Å². The highest BCUT2D eigenvalue weighted by molar-refractivity contribution is 5.81. The van der Waals surface area contributed by atoms with E-state index in [1.807, 2.05) is 13.0 Å². The largest absolute Gasteiger partial charge is 0.357 e. The van der Waals surface area contributed by atoms with Gasteiger partial charge in [0, 0.05) is 33.6 Å². The van der Waals surface area contributed by atoms with E-state index >= 15 is 0 Å². The van der Waals surface area contributed by atoms with Crippen LogP contribution in [0.1, 0.15) is 18.9 Å². The topological polar surface area (TPSA) is 56.7 Å². The van der Waals surface area contributed by atoms with Crippen LogP contribution < -0.4 is 10.6 Å². The van der Waals surface area contributed by atoms with Crippen LogP contribution >= 0.6 is 0 Å². The highest BCUT2D eigenvalue weighted by Gasteiger charge is 2.04. The van der Waals surface area contributed by atoms with Crippen molar-refractivity contribution in [1.29, 1.82) is 0 Å². The van der Waals surface area contributed by atoms with Gasteiger partial charge in [0.2, 0.25) is 5.91 Å². The standard InChI is InChI=1S/C15H23FN4O/c1-4-17-15(18-9-8-14(21)20(2)3)19-11-12-6-5-7-13(16)10-12/h5-7,10H,4,8-9,11H2,1-3H3,(H2,17,18,19). The molecule has 1 aromatic carbocycles. The van der Waals surface area contributed by atoms with E-state index in [0.29, 0.717) is 25.5 Å². The number of guanidine groups is 1. The number of benzene rings is 1. The molecule has 0 saturated heterocycles. The maximum atomic E-state index is 13.1. The van der Waals surface area contributed by atoms with Crippen molar-refractivity contribution in [3.05, 3.63) is 35.6 Å². The van der Waals surface area contributed by atoms with Crippen molar-refractivity contribution < 1.29 is 9.18 Å². The van der Waals surface area contributed by atoms with Gasteiger partial charge in [0.05, 0.1) is 6.54 Å². The first kappa shape index (κ1) is 16.9. The van der Waals surface area contributed by atoms with Crippen LogP contribution in [0.4, 0.5) is 4.39 Å². The second kappa shape index (κ2) is 8.94. The van der Waals surface area contributed by atoms with Crippen LogP contribution in [0.15, 0.2) is 29.3 Å². The lowest BCUT2D eigenvalue weighted by atomic mass is 10.2. The van der Waals surface area contributed by atoms with Gasteiger partial charge in [-0.1, -0.05) is 12.1 Å². The van der Waals surface area contributed by atoms with Gasteiger partial charge >= 0.3 is 0 Å². The van der Waals surface area contributed by atoms with Crippen molar-refractivity contribution in [2.75, 3.05) is 27.2 Å². The summed E-state index contributed by atoms with van der Waals surface area (Å²) >= 11 is 0. The molecule has 0 bridgehead atoms. The zero-order chi connectivity index (χ0) is 15.7. The summed E-state index contributed by atoms with van der Waals surface area (Å²) in [6, 6.07) is 6.36. The van der Waals surface area contributed by atoms with E-state index in [1.54, 1.807) is 25.1 Å². The summed E-state index contributed by atoms with van der Waals surface area (Å²) < 4.78 is 13.1. The average Bonchev–Trinajstić information content (AvgIpc) is 2.44. The fourth-order valence-electron chi connectivity index (χ4n) is 1.66. The van der Waals surface area contributed by atoms with Crippen LogP contribution in [0.2, 0.25) is 0 Å². The lowest BCUT2D eigenvalue weighted by Gasteiger charge is -2.13. The molecule has 116 valence electrons. The first-order valence-electron chi connectivity index (χ1n) is 6.99. The summed E-state index contributed by atoms with van der Waals surface area (Å²) in [6.07, 6.45) is 0.400. The first-order valence-corrected chi connectivity index (χ1v) is 6.99. The predicted molar refractivity (Wildman–Crippen MR) is 82.5 cm³/mol. The fourth-order valence-corrected chi connectivity index (χ4v) is 1.66. The Morgan fingerprint density at radius 2 is 2.10 bits per heavy atom. The minimum atomic E-state index is -0.266. The molecular formula is C15H23FN4O. The second-order valence-corrected chi connectivity index (χ2v) is 4.79. The molecule has 0 aliphatic rings. The smallest absolute Gasteiger partial charge is 0.223 e. The van der Waals surface area contributed by atoms with Crippen LogP contribution in [0, 0.1) is 5.82 Å². The molecule has 0 fully saturated rings. The van der Waals surface area contributed by atoms with Crippen LogP contribution in [0.5, 0.6) is 0 Å². The van der Waals surface area contributed by atoms with Gasteiger partial charge in [-0.2, -0.15) is 0 Å². The summed E-state index contributed by atoms with van der Waals surface area (Å²) in [6.45, 7) is 3.57. The number of nitrogens with zero attached hydrogens (tertiary/aromatic N) is 2. The van der Waals surface area contributed by atoms with Crippen molar-refractivity contribution in [3.8, 4) is 0 Å². The van der Waals surface area contributed by atoms with Gasteiger partial charge in [-0.05, 0) is 24.6 Å². The van der Waals surface area contributed by atoms with E-state index in [2.05, 4.69) is 15.6 Å². The quantitative estimate of drug-likeness (QED) is 0.615. The average molecular weight is 294 g/mol. The van der Waals surface area contributed by atoms with Crippen LogP contribution in [-0.2, 0) is 11.3 Å². The van der Waals surface area contributed by atoms with Crippen molar-refractivity contribution in [3.63, 3.8) is 0 Å². The Bertz CT molecular complexity index is 488. The molecule has 2 N–H and O–H groups in total. The minimum Gasteiger partial charge on any atom is -0.357 e. The fraction of sp³-hybridized carbons (Fsp3) is 0.467. The number of carbonyl (C=O) groups is 1. The van der Waals surface area contributed by atoms with Crippen molar-refractivity contribution in [2.45, 2.75) is 19.9 Å². The molecular weight excluding hydrogens is 271 g/mol. The van der Waals surface area contributed by atoms with Gasteiger partial charge in [-0.3, -0.25) is 4.79 Å². The number of nitrogens with one attached hydrogen (secondary N) is 2. The molecule has 0 aliphatic carbocycles. The molecule has 1 aromatic rings. The third kappa shape index (κ3) is 6.74. The molecule has 0 atom stereocenters. The number of hydrogen-bond acceptors (Lipinski definition) is 2. The number of amides is 1. The Hall–Kier alpha value is -2.11. The van der Waals surface area contributed by atoms with E-state index in [4.69, 9.17) is 0 Å². The third-order valence-electron chi connectivity index (χ3n) is 2.78. The molecule has 0 aliphatic heterocycles. The normalized spacial score (nSPS) is 11.1. The predicted octanol–water partition coefficient (Wildman–Crippen LogP) is 1.36. The Balaban J connectivity index is 2.51. The van der Waals surface area contributed by atoms with Gasteiger partial charge < -0.3 is 15.5 Å². The van der Waals surface area contributed by atoms with Gasteiger partial charge in [0.15, 0.2) is 5.96 Å². The number of carbonyl (C=O) groups excluding carboxylic acids is 1. The van der Waals surface area contributed by atoms with E-state index in [-0.39, 0.29) is 11.7 Å². The Labute approximate surface area is 125 Å². The highest BCUT2D eigenvalue weighted by atomic mass is 19.1. The lowest BCUT2D eigenvalue weighted by Crippen LogP contribution is -2.39.